The lowest BCUT2D eigenvalue weighted by molar-refractivity contribution is -0.384. The lowest BCUT2D eigenvalue weighted by Gasteiger charge is -2.05. The molecule has 102 valence electrons. The Morgan fingerprint density at radius 3 is 3.11 bits per heavy atom. The first-order valence-electron chi connectivity index (χ1n) is 5.44. The summed E-state index contributed by atoms with van der Waals surface area (Å²) in [7, 11) is 1.60. The molecule has 0 unspecified atom stereocenters. The maximum absolute atomic E-state index is 10.6. The van der Waals surface area contributed by atoms with Crippen LogP contribution in [-0.2, 0) is 4.74 Å². The highest BCUT2D eigenvalue weighted by molar-refractivity contribution is 7.80. The SMILES string of the molecule is COCCNC(=S)N/N=C/c1cccc([N+](=O)[O-])c1. The van der Waals surface area contributed by atoms with Gasteiger partial charge in [0, 0.05) is 31.4 Å². The highest BCUT2D eigenvalue weighted by atomic mass is 32.1. The van der Waals surface area contributed by atoms with Gasteiger partial charge in [-0.15, -0.1) is 0 Å². The van der Waals surface area contributed by atoms with Crippen molar-refractivity contribution in [2.24, 2.45) is 5.10 Å². The third-order valence-corrected chi connectivity index (χ3v) is 2.29. The Labute approximate surface area is 115 Å². The fourth-order valence-electron chi connectivity index (χ4n) is 1.19. The van der Waals surface area contributed by atoms with Gasteiger partial charge in [0.2, 0.25) is 0 Å². The van der Waals surface area contributed by atoms with E-state index >= 15 is 0 Å². The molecule has 0 aliphatic rings. The predicted molar refractivity (Wildman–Crippen MR) is 76.3 cm³/mol. The summed E-state index contributed by atoms with van der Waals surface area (Å²) in [6.45, 7) is 1.12. The van der Waals surface area contributed by atoms with Crippen molar-refractivity contribution in [3.63, 3.8) is 0 Å². The summed E-state index contributed by atoms with van der Waals surface area (Å²) in [5.74, 6) is 0. The maximum Gasteiger partial charge on any atom is 0.270 e. The minimum absolute atomic E-state index is 0.0183. The zero-order valence-corrected chi connectivity index (χ0v) is 11.1. The summed E-state index contributed by atoms with van der Waals surface area (Å²) in [4.78, 5) is 10.1. The molecule has 0 amide bonds. The van der Waals surface area contributed by atoms with Crippen molar-refractivity contribution >= 4 is 29.2 Å². The molecule has 0 spiro atoms. The summed E-state index contributed by atoms with van der Waals surface area (Å²) in [6, 6.07) is 6.14. The normalized spacial score (nSPS) is 10.4. The largest absolute Gasteiger partial charge is 0.383 e. The smallest absolute Gasteiger partial charge is 0.270 e. The first-order chi connectivity index (χ1) is 9.13. The molecule has 0 aliphatic heterocycles. The number of rotatable bonds is 6. The number of hydrogen-bond acceptors (Lipinski definition) is 5. The van der Waals surface area contributed by atoms with Crippen LogP contribution in [0, 0.1) is 10.1 Å². The van der Waals surface area contributed by atoms with Gasteiger partial charge in [0.25, 0.3) is 5.69 Å². The van der Waals surface area contributed by atoms with Crippen LogP contribution in [0.2, 0.25) is 0 Å². The number of hydrogen-bond donors (Lipinski definition) is 2. The quantitative estimate of drug-likeness (QED) is 0.266. The van der Waals surface area contributed by atoms with Crippen LogP contribution in [0.4, 0.5) is 5.69 Å². The number of ether oxygens (including phenoxy) is 1. The number of nitrogens with one attached hydrogen (secondary N) is 2. The average molecular weight is 282 g/mol. The molecule has 0 radical (unpaired) electrons. The number of methoxy groups -OCH3 is 1. The second-order valence-corrected chi connectivity index (χ2v) is 3.88. The van der Waals surface area contributed by atoms with Crippen LogP contribution in [0.1, 0.15) is 5.56 Å². The topological polar surface area (TPSA) is 88.8 Å². The van der Waals surface area contributed by atoms with Crippen LogP contribution < -0.4 is 10.7 Å². The van der Waals surface area contributed by atoms with Crippen molar-refractivity contribution in [2.75, 3.05) is 20.3 Å². The van der Waals surface area contributed by atoms with Crippen LogP contribution in [0.5, 0.6) is 0 Å². The second-order valence-electron chi connectivity index (χ2n) is 3.47. The lowest BCUT2D eigenvalue weighted by Crippen LogP contribution is -2.34. The Morgan fingerprint density at radius 1 is 1.63 bits per heavy atom. The van der Waals surface area contributed by atoms with E-state index in [0.717, 1.165) is 0 Å². The Kier molecular flexibility index (Phi) is 6.41. The van der Waals surface area contributed by atoms with Gasteiger partial charge in [-0.05, 0) is 12.2 Å². The van der Waals surface area contributed by atoms with Crippen LogP contribution in [-0.4, -0.2) is 36.5 Å². The fourth-order valence-corrected chi connectivity index (χ4v) is 1.35. The van der Waals surface area contributed by atoms with Crippen molar-refractivity contribution < 1.29 is 9.66 Å². The van der Waals surface area contributed by atoms with Gasteiger partial charge in [0.1, 0.15) is 0 Å². The third kappa shape index (κ3) is 5.89. The zero-order valence-electron chi connectivity index (χ0n) is 10.3. The molecule has 0 bridgehead atoms. The lowest BCUT2D eigenvalue weighted by atomic mass is 10.2. The first-order valence-corrected chi connectivity index (χ1v) is 5.84. The molecule has 0 fully saturated rings. The van der Waals surface area contributed by atoms with E-state index in [0.29, 0.717) is 23.8 Å². The molecule has 19 heavy (non-hydrogen) atoms. The minimum Gasteiger partial charge on any atom is -0.383 e. The van der Waals surface area contributed by atoms with Crippen LogP contribution in [0.15, 0.2) is 29.4 Å². The van der Waals surface area contributed by atoms with E-state index in [1.165, 1.54) is 18.3 Å². The molecule has 0 heterocycles. The van der Waals surface area contributed by atoms with Gasteiger partial charge >= 0.3 is 0 Å². The van der Waals surface area contributed by atoms with E-state index in [4.69, 9.17) is 17.0 Å². The molecule has 0 atom stereocenters. The molecule has 1 aromatic rings. The standard InChI is InChI=1S/C11H14N4O3S/c1-18-6-5-12-11(19)14-13-8-9-3-2-4-10(7-9)15(16)17/h2-4,7-8H,5-6H2,1H3,(H2,12,14,19)/b13-8+. The molecule has 0 saturated carbocycles. The van der Waals surface area contributed by atoms with E-state index in [9.17, 15) is 10.1 Å². The highest BCUT2D eigenvalue weighted by Gasteiger charge is 2.03. The predicted octanol–water partition coefficient (Wildman–Crippen LogP) is 1.04. The summed E-state index contributed by atoms with van der Waals surface area (Å²) in [6.07, 6.45) is 1.46. The fraction of sp³-hybridized carbons (Fsp3) is 0.273. The van der Waals surface area contributed by atoms with Gasteiger partial charge < -0.3 is 10.1 Å². The number of nitro benzene ring substituents is 1. The van der Waals surface area contributed by atoms with Gasteiger partial charge in [-0.2, -0.15) is 5.10 Å². The Morgan fingerprint density at radius 2 is 2.42 bits per heavy atom. The molecule has 0 aromatic heterocycles. The Bertz CT molecular complexity index is 479. The molecule has 7 nitrogen and oxygen atoms in total. The minimum atomic E-state index is -0.457. The highest BCUT2D eigenvalue weighted by Crippen LogP contribution is 2.11. The molecular weight excluding hydrogens is 268 g/mol. The summed E-state index contributed by atoms with van der Waals surface area (Å²) >= 11 is 4.95. The number of non-ortho nitro benzene ring substituents is 1. The molecule has 1 aromatic carbocycles. The summed E-state index contributed by atoms with van der Waals surface area (Å²) < 4.78 is 4.85. The van der Waals surface area contributed by atoms with Crippen molar-refractivity contribution in [2.45, 2.75) is 0 Å². The van der Waals surface area contributed by atoms with Gasteiger partial charge in [-0.25, -0.2) is 0 Å². The van der Waals surface area contributed by atoms with E-state index in [-0.39, 0.29) is 5.69 Å². The molecule has 8 heteroatoms. The zero-order chi connectivity index (χ0) is 14.1. The average Bonchev–Trinajstić information content (AvgIpc) is 2.39. The number of thiocarbonyl (C=S) groups is 1. The van der Waals surface area contributed by atoms with E-state index in [2.05, 4.69) is 15.8 Å². The Hall–Kier alpha value is -2.06. The Balaban J connectivity index is 2.46. The monoisotopic (exact) mass is 282 g/mol. The number of nitro groups is 1. The van der Waals surface area contributed by atoms with Gasteiger partial charge in [-0.1, -0.05) is 12.1 Å². The van der Waals surface area contributed by atoms with E-state index in [1.807, 2.05) is 0 Å². The van der Waals surface area contributed by atoms with E-state index in [1.54, 1.807) is 19.2 Å². The number of nitrogens with zero attached hydrogens (tertiary/aromatic N) is 2. The summed E-state index contributed by atoms with van der Waals surface area (Å²) in [5.41, 5.74) is 3.23. The summed E-state index contributed by atoms with van der Waals surface area (Å²) in [5, 5.41) is 17.7. The first kappa shape index (κ1) is 15.0. The van der Waals surface area contributed by atoms with Gasteiger partial charge in [-0.3, -0.25) is 15.5 Å². The van der Waals surface area contributed by atoms with Crippen LogP contribution in [0.25, 0.3) is 0 Å². The van der Waals surface area contributed by atoms with Crippen molar-refractivity contribution in [3.8, 4) is 0 Å². The van der Waals surface area contributed by atoms with Gasteiger partial charge in [0.15, 0.2) is 5.11 Å². The second kappa shape index (κ2) is 8.11. The third-order valence-electron chi connectivity index (χ3n) is 2.05. The maximum atomic E-state index is 10.6. The van der Waals surface area contributed by atoms with Crippen molar-refractivity contribution in [1.82, 2.24) is 10.7 Å². The molecule has 0 saturated heterocycles. The van der Waals surface area contributed by atoms with Crippen LogP contribution in [0.3, 0.4) is 0 Å². The number of benzene rings is 1. The van der Waals surface area contributed by atoms with Crippen molar-refractivity contribution in [1.29, 1.82) is 0 Å². The van der Waals surface area contributed by atoms with Crippen LogP contribution >= 0.6 is 12.2 Å². The molecule has 0 aliphatic carbocycles. The van der Waals surface area contributed by atoms with Crippen molar-refractivity contribution in [3.05, 3.63) is 39.9 Å². The van der Waals surface area contributed by atoms with Gasteiger partial charge in [0.05, 0.1) is 17.7 Å². The van der Waals surface area contributed by atoms with E-state index < -0.39 is 4.92 Å². The number of hydrazone groups is 1. The molecule has 1 rings (SSSR count). The molecular formula is C11H14N4O3S. The molecule has 2 N–H and O–H groups in total.